The summed E-state index contributed by atoms with van der Waals surface area (Å²) in [5.41, 5.74) is 6.99. The Bertz CT molecular complexity index is 396. The minimum absolute atomic E-state index is 0. The third kappa shape index (κ3) is 3.70. The van der Waals surface area contributed by atoms with E-state index in [2.05, 4.69) is 0 Å². The van der Waals surface area contributed by atoms with Crippen molar-refractivity contribution in [1.29, 1.82) is 0 Å². The molecule has 4 nitrogen and oxygen atoms in total. The number of aliphatic hydroxyl groups excluding tert-OH is 1. The summed E-state index contributed by atoms with van der Waals surface area (Å²) in [6.07, 6.45) is -0.694. The Labute approximate surface area is 114 Å². The van der Waals surface area contributed by atoms with Crippen LogP contribution in [0.2, 0.25) is 0 Å². The maximum absolute atomic E-state index is 11.6. The first kappa shape index (κ1) is 16.9. The van der Waals surface area contributed by atoms with Crippen molar-refractivity contribution in [2.75, 3.05) is 7.11 Å². The summed E-state index contributed by atoms with van der Waals surface area (Å²) >= 11 is 0. The van der Waals surface area contributed by atoms with Crippen LogP contribution in [0.25, 0.3) is 0 Å². The molecule has 0 aliphatic rings. The van der Waals surface area contributed by atoms with Gasteiger partial charge in [0.05, 0.1) is 24.8 Å². The number of aliphatic hydroxyl groups is 1. The molecule has 1 aromatic carbocycles. The van der Waals surface area contributed by atoms with Gasteiger partial charge in [0.25, 0.3) is 0 Å². The number of carbonyl (C=O) groups is 1. The highest BCUT2D eigenvalue weighted by atomic mass is 35.5. The van der Waals surface area contributed by atoms with Crippen LogP contribution in [0.4, 0.5) is 0 Å². The molecule has 0 spiro atoms. The molecule has 2 atom stereocenters. The Morgan fingerprint density at radius 3 is 2.39 bits per heavy atom. The number of esters is 1. The van der Waals surface area contributed by atoms with Crippen molar-refractivity contribution >= 4 is 18.4 Å². The van der Waals surface area contributed by atoms with Crippen molar-refractivity contribution in [2.45, 2.75) is 26.0 Å². The van der Waals surface area contributed by atoms with E-state index in [0.29, 0.717) is 11.1 Å². The lowest BCUT2D eigenvalue weighted by atomic mass is 9.91. The largest absolute Gasteiger partial charge is 0.465 e. The van der Waals surface area contributed by atoms with Gasteiger partial charge in [-0.1, -0.05) is 32.0 Å². The van der Waals surface area contributed by atoms with Crippen molar-refractivity contribution in [1.82, 2.24) is 0 Å². The van der Waals surface area contributed by atoms with E-state index in [-0.39, 0.29) is 18.3 Å². The fourth-order valence-corrected chi connectivity index (χ4v) is 1.68. The summed E-state index contributed by atoms with van der Waals surface area (Å²) in [7, 11) is 1.32. The standard InChI is InChI=1S/C13H19NO3.ClH/c1-8(2)12(15)11(14)9-6-4-5-7-10(9)13(16)17-3;/h4-8,11-12,15H,14H2,1-3H3;1H/t11-,12+;/m1./s1. The maximum Gasteiger partial charge on any atom is 0.338 e. The summed E-state index contributed by atoms with van der Waals surface area (Å²) in [5, 5.41) is 9.95. The highest BCUT2D eigenvalue weighted by molar-refractivity contribution is 5.91. The van der Waals surface area contributed by atoms with Crippen LogP contribution in [0.1, 0.15) is 35.8 Å². The van der Waals surface area contributed by atoms with E-state index in [9.17, 15) is 9.90 Å². The average Bonchev–Trinajstić information content (AvgIpc) is 2.35. The molecule has 0 aliphatic carbocycles. The zero-order valence-electron chi connectivity index (χ0n) is 10.8. The molecular formula is C13H20ClNO3. The van der Waals surface area contributed by atoms with E-state index in [1.54, 1.807) is 24.3 Å². The van der Waals surface area contributed by atoms with Gasteiger partial charge in [0.2, 0.25) is 0 Å². The summed E-state index contributed by atoms with van der Waals surface area (Å²) in [6, 6.07) is 6.32. The summed E-state index contributed by atoms with van der Waals surface area (Å²) in [4.78, 5) is 11.6. The monoisotopic (exact) mass is 273 g/mol. The lowest BCUT2D eigenvalue weighted by Gasteiger charge is -2.23. The lowest BCUT2D eigenvalue weighted by Crippen LogP contribution is -2.31. The summed E-state index contributed by atoms with van der Waals surface area (Å²) < 4.78 is 4.69. The Balaban J connectivity index is 0.00000289. The molecule has 18 heavy (non-hydrogen) atoms. The third-order valence-electron chi connectivity index (χ3n) is 2.78. The van der Waals surface area contributed by atoms with Crippen LogP contribution < -0.4 is 5.73 Å². The molecule has 1 aromatic rings. The van der Waals surface area contributed by atoms with Crippen molar-refractivity contribution in [3.05, 3.63) is 35.4 Å². The predicted octanol–water partition coefficient (Wildman–Crippen LogP) is 1.91. The van der Waals surface area contributed by atoms with E-state index >= 15 is 0 Å². The summed E-state index contributed by atoms with van der Waals surface area (Å²) in [6.45, 7) is 3.76. The zero-order chi connectivity index (χ0) is 13.0. The lowest BCUT2D eigenvalue weighted by molar-refractivity contribution is 0.0593. The van der Waals surface area contributed by atoms with Gasteiger partial charge in [-0.3, -0.25) is 0 Å². The number of halogens is 1. The van der Waals surface area contributed by atoms with Crippen LogP contribution in [-0.2, 0) is 4.74 Å². The number of nitrogens with two attached hydrogens (primary N) is 1. The molecule has 3 N–H and O–H groups in total. The molecule has 0 amide bonds. The van der Waals surface area contributed by atoms with Crippen molar-refractivity contribution in [2.24, 2.45) is 11.7 Å². The molecule has 0 unspecified atom stereocenters. The first-order chi connectivity index (χ1) is 7.99. The minimum Gasteiger partial charge on any atom is -0.465 e. The molecule has 0 fully saturated rings. The van der Waals surface area contributed by atoms with Crippen molar-refractivity contribution in [3.63, 3.8) is 0 Å². The third-order valence-corrected chi connectivity index (χ3v) is 2.78. The van der Waals surface area contributed by atoms with E-state index in [1.807, 2.05) is 13.8 Å². The van der Waals surface area contributed by atoms with Gasteiger partial charge in [-0.2, -0.15) is 0 Å². The number of rotatable bonds is 4. The second-order valence-electron chi connectivity index (χ2n) is 4.34. The first-order valence-corrected chi connectivity index (χ1v) is 5.60. The summed E-state index contributed by atoms with van der Waals surface area (Å²) in [5.74, 6) is -0.414. The van der Waals surface area contributed by atoms with E-state index < -0.39 is 18.1 Å². The SMILES string of the molecule is COC(=O)c1ccccc1[C@@H](N)[C@@H](O)C(C)C.Cl. The molecule has 0 heterocycles. The second-order valence-corrected chi connectivity index (χ2v) is 4.34. The van der Waals surface area contributed by atoms with Gasteiger partial charge in [-0.15, -0.1) is 12.4 Å². The molecule has 1 rings (SSSR count). The van der Waals surface area contributed by atoms with Gasteiger partial charge in [0.1, 0.15) is 0 Å². The second kappa shape index (κ2) is 7.36. The predicted molar refractivity (Wildman–Crippen MR) is 72.8 cm³/mol. The Morgan fingerprint density at radius 2 is 1.89 bits per heavy atom. The van der Waals surface area contributed by atoms with Gasteiger partial charge in [-0.25, -0.2) is 4.79 Å². The normalized spacial score (nSPS) is 13.7. The van der Waals surface area contributed by atoms with Crippen LogP contribution in [0.3, 0.4) is 0 Å². The van der Waals surface area contributed by atoms with Gasteiger partial charge >= 0.3 is 5.97 Å². The van der Waals surface area contributed by atoms with E-state index in [0.717, 1.165) is 0 Å². The number of methoxy groups -OCH3 is 1. The minimum atomic E-state index is -0.694. The Kier molecular flexibility index (Phi) is 6.91. The quantitative estimate of drug-likeness (QED) is 0.822. The topological polar surface area (TPSA) is 72.5 Å². The zero-order valence-corrected chi connectivity index (χ0v) is 11.6. The van der Waals surface area contributed by atoms with Crippen LogP contribution >= 0.6 is 12.4 Å². The molecule has 5 heteroatoms. The van der Waals surface area contributed by atoms with Gasteiger partial charge in [-0.05, 0) is 17.5 Å². The molecule has 0 saturated heterocycles. The highest BCUT2D eigenvalue weighted by Crippen LogP contribution is 2.23. The Morgan fingerprint density at radius 1 is 1.33 bits per heavy atom. The van der Waals surface area contributed by atoms with Crippen molar-refractivity contribution in [3.8, 4) is 0 Å². The number of hydrogen-bond donors (Lipinski definition) is 2. The smallest absolute Gasteiger partial charge is 0.338 e. The van der Waals surface area contributed by atoms with Crippen LogP contribution in [0, 0.1) is 5.92 Å². The molecule has 0 aliphatic heterocycles. The average molecular weight is 274 g/mol. The molecule has 0 bridgehead atoms. The molecule has 0 saturated carbocycles. The molecule has 102 valence electrons. The van der Waals surface area contributed by atoms with E-state index in [1.165, 1.54) is 7.11 Å². The van der Waals surface area contributed by atoms with Crippen LogP contribution in [0.5, 0.6) is 0 Å². The number of carbonyl (C=O) groups excluding carboxylic acids is 1. The van der Waals surface area contributed by atoms with Gasteiger partial charge in [0.15, 0.2) is 0 Å². The van der Waals surface area contributed by atoms with Gasteiger partial charge in [0, 0.05) is 0 Å². The van der Waals surface area contributed by atoms with Crippen LogP contribution in [0.15, 0.2) is 24.3 Å². The van der Waals surface area contributed by atoms with E-state index in [4.69, 9.17) is 10.5 Å². The molecule has 0 radical (unpaired) electrons. The molecule has 0 aromatic heterocycles. The maximum atomic E-state index is 11.6. The fraction of sp³-hybridized carbons (Fsp3) is 0.462. The van der Waals surface area contributed by atoms with Crippen molar-refractivity contribution < 1.29 is 14.6 Å². The Hall–Kier alpha value is -1.10. The highest BCUT2D eigenvalue weighted by Gasteiger charge is 2.24. The first-order valence-electron chi connectivity index (χ1n) is 5.60. The molecular weight excluding hydrogens is 254 g/mol. The number of hydrogen-bond acceptors (Lipinski definition) is 4. The number of benzene rings is 1. The number of ether oxygens (including phenoxy) is 1. The van der Waals surface area contributed by atoms with Gasteiger partial charge < -0.3 is 15.6 Å². The fourth-order valence-electron chi connectivity index (χ4n) is 1.68. The van der Waals surface area contributed by atoms with Crippen LogP contribution in [-0.4, -0.2) is 24.3 Å².